The summed E-state index contributed by atoms with van der Waals surface area (Å²) in [5.41, 5.74) is 5.71. The Kier molecular flexibility index (Phi) is 3.36. The number of carbonyl (C=O) groups excluding carboxylic acids is 1. The molecule has 5 heteroatoms. The van der Waals surface area contributed by atoms with Gasteiger partial charge in [-0.05, 0) is 45.6 Å². The second-order valence-electron chi connectivity index (χ2n) is 5.93. The molecule has 0 amide bonds. The summed E-state index contributed by atoms with van der Waals surface area (Å²) in [6, 6.07) is 7.89. The first kappa shape index (κ1) is 14.9. The Labute approximate surface area is 145 Å². The number of halogens is 3. The van der Waals surface area contributed by atoms with E-state index in [0.29, 0.717) is 16.4 Å². The van der Waals surface area contributed by atoms with E-state index in [0.717, 1.165) is 34.2 Å². The summed E-state index contributed by atoms with van der Waals surface area (Å²) < 4.78 is 14.9. The number of hydrogen-bond acceptors (Lipinski definition) is 1. The van der Waals surface area contributed by atoms with Crippen molar-refractivity contribution >= 4 is 44.2 Å². The fourth-order valence-corrected chi connectivity index (χ4v) is 3.88. The lowest BCUT2D eigenvalue weighted by atomic mass is 10.0. The molecule has 116 valence electrons. The maximum absolute atomic E-state index is 14.4. The summed E-state index contributed by atoms with van der Waals surface area (Å²) in [7, 11) is 0. The number of aromatic nitrogens is 1. The fourth-order valence-electron chi connectivity index (χ4n) is 3.33. The highest BCUT2D eigenvalue weighted by Crippen LogP contribution is 2.43. The zero-order chi connectivity index (χ0) is 16.3. The molecular formula is C18H12BrClFNO. The van der Waals surface area contributed by atoms with Crippen LogP contribution < -0.4 is 0 Å². The van der Waals surface area contributed by atoms with Gasteiger partial charge in [0.05, 0.1) is 16.2 Å². The first-order chi connectivity index (χ1) is 11.0. The molecule has 0 fully saturated rings. The lowest BCUT2D eigenvalue weighted by Gasteiger charge is -2.05. The van der Waals surface area contributed by atoms with Crippen molar-refractivity contribution in [2.75, 3.05) is 0 Å². The van der Waals surface area contributed by atoms with Crippen molar-refractivity contribution in [2.24, 2.45) is 0 Å². The number of benzene rings is 2. The smallest absolute Gasteiger partial charge is 0.166 e. The van der Waals surface area contributed by atoms with Gasteiger partial charge in [0.15, 0.2) is 5.82 Å². The number of H-pyrrole nitrogens is 1. The topological polar surface area (TPSA) is 32.9 Å². The van der Waals surface area contributed by atoms with Gasteiger partial charge in [0.1, 0.15) is 5.78 Å². The fraction of sp³-hybridized carbons (Fsp3) is 0.167. The summed E-state index contributed by atoms with van der Waals surface area (Å²) in [5.74, 6) is -0.284. The molecule has 2 nitrogen and oxygen atoms in total. The van der Waals surface area contributed by atoms with Crippen LogP contribution in [0.1, 0.15) is 23.6 Å². The summed E-state index contributed by atoms with van der Waals surface area (Å²) in [6.07, 6.45) is 1.17. The van der Waals surface area contributed by atoms with E-state index in [1.54, 1.807) is 6.92 Å². The Morgan fingerprint density at radius 1 is 1.39 bits per heavy atom. The van der Waals surface area contributed by atoms with E-state index in [2.05, 4.69) is 27.0 Å². The lowest BCUT2D eigenvalue weighted by Crippen LogP contribution is -1.97. The standard InChI is InChI=1S/C18H12BrClFNO/c1-8(23)4-9-2-3-11-10(5-9)6-12-13-7-14(19)15(20)16(21)18(13)22-17(11)12/h2-3,5,7,22H,4,6H2,1H3. The molecule has 0 aliphatic heterocycles. The Morgan fingerprint density at radius 3 is 2.91 bits per heavy atom. The molecule has 4 rings (SSSR count). The van der Waals surface area contributed by atoms with E-state index >= 15 is 0 Å². The number of Topliss-reactive ketones (excluding diaryl/α,β-unsaturated/α-hetero) is 1. The van der Waals surface area contributed by atoms with Crippen molar-refractivity contribution in [1.82, 2.24) is 4.98 Å². The summed E-state index contributed by atoms with van der Waals surface area (Å²) in [5, 5.41) is 0.938. The molecule has 2 aromatic carbocycles. The molecule has 0 radical (unpaired) electrons. The van der Waals surface area contributed by atoms with E-state index in [-0.39, 0.29) is 10.8 Å². The largest absolute Gasteiger partial charge is 0.352 e. The third-order valence-corrected chi connectivity index (χ3v) is 5.52. The molecule has 1 aliphatic carbocycles. The van der Waals surface area contributed by atoms with Gasteiger partial charge in [0.25, 0.3) is 0 Å². The van der Waals surface area contributed by atoms with Crippen molar-refractivity contribution in [1.29, 1.82) is 0 Å². The molecule has 1 N–H and O–H groups in total. The van der Waals surface area contributed by atoms with Crippen molar-refractivity contribution in [2.45, 2.75) is 19.8 Å². The Morgan fingerprint density at radius 2 is 2.17 bits per heavy atom. The second-order valence-corrected chi connectivity index (χ2v) is 7.17. The molecule has 1 heterocycles. The van der Waals surface area contributed by atoms with Crippen molar-refractivity contribution < 1.29 is 9.18 Å². The van der Waals surface area contributed by atoms with Crippen LogP contribution in [0.2, 0.25) is 5.02 Å². The van der Waals surface area contributed by atoms with Gasteiger partial charge in [-0.2, -0.15) is 0 Å². The highest BCUT2D eigenvalue weighted by Gasteiger charge is 2.26. The first-order valence-electron chi connectivity index (χ1n) is 7.25. The summed E-state index contributed by atoms with van der Waals surface area (Å²) >= 11 is 9.29. The van der Waals surface area contributed by atoms with Crippen LogP contribution in [0.15, 0.2) is 28.7 Å². The zero-order valence-electron chi connectivity index (χ0n) is 12.3. The molecule has 0 bridgehead atoms. The number of aromatic amines is 1. The number of nitrogens with one attached hydrogen (secondary N) is 1. The molecule has 0 saturated heterocycles. The van der Waals surface area contributed by atoms with Crippen LogP contribution in [0.4, 0.5) is 4.39 Å². The van der Waals surface area contributed by atoms with Gasteiger partial charge < -0.3 is 4.98 Å². The summed E-state index contributed by atoms with van der Waals surface area (Å²) in [4.78, 5) is 14.5. The SMILES string of the molecule is CC(=O)Cc1ccc2c(c1)Cc1c-2[nH]c2c(F)c(Cl)c(Br)cc12. The highest BCUT2D eigenvalue weighted by atomic mass is 79.9. The summed E-state index contributed by atoms with van der Waals surface area (Å²) in [6.45, 7) is 1.59. The molecule has 3 aromatic rings. The molecule has 0 unspecified atom stereocenters. The average Bonchev–Trinajstić information content (AvgIpc) is 3.01. The van der Waals surface area contributed by atoms with E-state index in [9.17, 15) is 9.18 Å². The van der Waals surface area contributed by atoms with Crippen LogP contribution in [0, 0.1) is 5.82 Å². The van der Waals surface area contributed by atoms with E-state index in [4.69, 9.17) is 11.6 Å². The van der Waals surface area contributed by atoms with E-state index in [1.807, 2.05) is 18.2 Å². The maximum atomic E-state index is 14.4. The number of ketones is 1. The van der Waals surface area contributed by atoms with Gasteiger partial charge in [-0.15, -0.1) is 0 Å². The molecular weight excluding hydrogens is 381 g/mol. The lowest BCUT2D eigenvalue weighted by molar-refractivity contribution is -0.116. The number of fused-ring (bicyclic) bond motifs is 5. The minimum absolute atomic E-state index is 0.0921. The van der Waals surface area contributed by atoms with E-state index in [1.165, 1.54) is 5.56 Å². The normalized spacial score (nSPS) is 12.5. The predicted molar refractivity (Wildman–Crippen MR) is 93.6 cm³/mol. The van der Waals surface area contributed by atoms with Crippen molar-refractivity contribution in [3.05, 3.63) is 56.3 Å². The minimum Gasteiger partial charge on any atom is -0.352 e. The van der Waals surface area contributed by atoms with Gasteiger partial charge in [-0.3, -0.25) is 4.79 Å². The third kappa shape index (κ3) is 2.24. The Bertz CT molecular complexity index is 993. The van der Waals surface area contributed by atoms with Crippen LogP contribution in [0.25, 0.3) is 22.2 Å². The molecule has 0 atom stereocenters. The van der Waals surface area contributed by atoms with Gasteiger partial charge in [-0.25, -0.2) is 4.39 Å². The quantitative estimate of drug-likeness (QED) is 0.454. The van der Waals surface area contributed by atoms with Crippen molar-refractivity contribution in [3.8, 4) is 11.3 Å². The number of carbonyl (C=O) groups is 1. The average molecular weight is 393 g/mol. The maximum Gasteiger partial charge on any atom is 0.166 e. The van der Waals surface area contributed by atoms with Crippen LogP contribution in [0.3, 0.4) is 0 Å². The molecule has 0 saturated carbocycles. The second kappa shape index (κ2) is 5.18. The van der Waals surface area contributed by atoms with Crippen LogP contribution in [-0.2, 0) is 17.6 Å². The number of hydrogen-bond donors (Lipinski definition) is 1. The minimum atomic E-state index is -0.430. The monoisotopic (exact) mass is 391 g/mol. The van der Waals surface area contributed by atoms with Gasteiger partial charge in [-0.1, -0.05) is 29.8 Å². The third-order valence-electron chi connectivity index (χ3n) is 4.30. The molecule has 1 aromatic heterocycles. The van der Waals surface area contributed by atoms with Gasteiger partial charge >= 0.3 is 0 Å². The highest BCUT2D eigenvalue weighted by molar-refractivity contribution is 9.10. The van der Waals surface area contributed by atoms with Gasteiger partial charge in [0.2, 0.25) is 0 Å². The zero-order valence-corrected chi connectivity index (χ0v) is 14.6. The van der Waals surface area contributed by atoms with Gasteiger partial charge in [0, 0.05) is 28.3 Å². The molecule has 0 spiro atoms. The Balaban J connectivity index is 1.89. The number of rotatable bonds is 2. The van der Waals surface area contributed by atoms with Crippen LogP contribution in [0.5, 0.6) is 0 Å². The van der Waals surface area contributed by atoms with Crippen LogP contribution >= 0.6 is 27.5 Å². The van der Waals surface area contributed by atoms with E-state index < -0.39 is 5.82 Å². The Hall–Kier alpha value is -1.65. The molecule has 1 aliphatic rings. The first-order valence-corrected chi connectivity index (χ1v) is 8.42. The van der Waals surface area contributed by atoms with Crippen molar-refractivity contribution in [3.63, 3.8) is 0 Å². The molecule has 23 heavy (non-hydrogen) atoms. The van der Waals surface area contributed by atoms with Crippen LogP contribution in [-0.4, -0.2) is 10.8 Å². The predicted octanol–water partition coefficient (Wildman–Crippen LogP) is 5.43.